The molecule has 1 aromatic carbocycles. The van der Waals surface area contributed by atoms with Crippen LogP contribution in [0.2, 0.25) is 0 Å². The number of carboxylic acid groups (broad SMARTS) is 1. The summed E-state index contributed by atoms with van der Waals surface area (Å²) in [7, 11) is 1.62. The summed E-state index contributed by atoms with van der Waals surface area (Å²) in [6, 6.07) is 5.71. The maximum absolute atomic E-state index is 11.5. The number of carbonyl (C=O) groups is 1. The standard InChI is InChI=1S/C14H17BrO3/c1-18-11-4-5-12(15)10(8-11)9-14(13(16)17)6-2-3-7-14/h4-5,8H,2-3,6-7,9H2,1H3,(H,16,17). The smallest absolute Gasteiger partial charge is 0.309 e. The van der Waals surface area contributed by atoms with Crippen molar-refractivity contribution in [2.24, 2.45) is 5.41 Å². The third-order valence-electron chi connectivity index (χ3n) is 3.80. The summed E-state index contributed by atoms with van der Waals surface area (Å²) in [5.41, 5.74) is 0.424. The van der Waals surface area contributed by atoms with Crippen LogP contribution in [0.5, 0.6) is 5.75 Å². The van der Waals surface area contributed by atoms with Gasteiger partial charge in [0.15, 0.2) is 0 Å². The van der Waals surface area contributed by atoms with Crippen molar-refractivity contribution in [2.45, 2.75) is 32.1 Å². The zero-order valence-electron chi connectivity index (χ0n) is 10.4. The van der Waals surface area contributed by atoms with E-state index in [1.165, 1.54) is 0 Å². The minimum absolute atomic E-state index is 0.570. The van der Waals surface area contributed by atoms with Gasteiger partial charge < -0.3 is 9.84 Å². The van der Waals surface area contributed by atoms with E-state index in [1.807, 2.05) is 18.2 Å². The normalized spacial score (nSPS) is 17.7. The lowest BCUT2D eigenvalue weighted by atomic mass is 9.80. The number of hydrogen-bond donors (Lipinski definition) is 1. The van der Waals surface area contributed by atoms with Gasteiger partial charge in [0.1, 0.15) is 5.75 Å². The Morgan fingerprint density at radius 3 is 2.67 bits per heavy atom. The number of rotatable bonds is 4. The van der Waals surface area contributed by atoms with Crippen molar-refractivity contribution in [3.05, 3.63) is 28.2 Å². The van der Waals surface area contributed by atoms with Crippen LogP contribution in [0, 0.1) is 5.41 Å². The van der Waals surface area contributed by atoms with E-state index in [-0.39, 0.29) is 0 Å². The quantitative estimate of drug-likeness (QED) is 0.923. The van der Waals surface area contributed by atoms with Crippen molar-refractivity contribution >= 4 is 21.9 Å². The fourth-order valence-electron chi connectivity index (χ4n) is 2.70. The molecular formula is C14H17BrO3. The van der Waals surface area contributed by atoms with Crippen LogP contribution in [0.3, 0.4) is 0 Å². The molecule has 0 atom stereocenters. The molecule has 0 aliphatic heterocycles. The second kappa shape index (κ2) is 5.31. The number of ether oxygens (including phenoxy) is 1. The lowest BCUT2D eigenvalue weighted by molar-refractivity contribution is -0.148. The van der Waals surface area contributed by atoms with Crippen LogP contribution in [0.25, 0.3) is 0 Å². The first kappa shape index (κ1) is 13.4. The molecule has 0 bridgehead atoms. The van der Waals surface area contributed by atoms with E-state index in [2.05, 4.69) is 15.9 Å². The number of carboxylic acids is 1. The Labute approximate surface area is 115 Å². The van der Waals surface area contributed by atoms with Gasteiger partial charge in [0.25, 0.3) is 0 Å². The van der Waals surface area contributed by atoms with Crippen molar-refractivity contribution in [1.82, 2.24) is 0 Å². The molecule has 1 saturated carbocycles. The Kier molecular flexibility index (Phi) is 3.95. The minimum atomic E-state index is -0.672. The Hall–Kier alpha value is -1.03. The molecule has 0 spiro atoms. The van der Waals surface area contributed by atoms with Crippen molar-refractivity contribution in [3.63, 3.8) is 0 Å². The molecule has 0 aromatic heterocycles. The van der Waals surface area contributed by atoms with E-state index in [4.69, 9.17) is 4.74 Å². The van der Waals surface area contributed by atoms with Crippen LogP contribution >= 0.6 is 15.9 Å². The number of halogens is 1. The first-order valence-electron chi connectivity index (χ1n) is 6.13. The fourth-order valence-corrected chi connectivity index (χ4v) is 3.08. The van der Waals surface area contributed by atoms with Gasteiger partial charge in [-0.3, -0.25) is 4.79 Å². The molecule has 0 heterocycles. The predicted octanol–water partition coefficient (Wildman–Crippen LogP) is 3.65. The van der Waals surface area contributed by atoms with Gasteiger partial charge >= 0.3 is 5.97 Å². The molecule has 4 heteroatoms. The first-order chi connectivity index (χ1) is 8.57. The van der Waals surface area contributed by atoms with Crippen LogP contribution in [-0.4, -0.2) is 18.2 Å². The molecule has 0 unspecified atom stereocenters. The predicted molar refractivity (Wildman–Crippen MR) is 72.9 cm³/mol. The van der Waals surface area contributed by atoms with Crippen molar-refractivity contribution in [2.75, 3.05) is 7.11 Å². The molecule has 1 aliphatic rings. The summed E-state index contributed by atoms with van der Waals surface area (Å²) < 4.78 is 6.15. The number of aliphatic carboxylic acids is 1. The van der Waals surface area contributed by atoms with Crippen LogP contribution in [0.15, 0.2) is 22.7 Å². The van der Waals surface area contributed by atoms with E-state index in [1.54, 1.807) is 7.11 Å². The SMILES string of the molecule is COc1ccc(Br)c(CC2(C(=O)O)CCCC2)c1. The average Bonchev–Trinajstić information content (AvgIpc) is 2.82. The third kappa shape index (κ3) is 2.53. The highest BCUT2D eigenvalue weighted by Gasteiger charge is 2.41. The number of methoxy groups -OCH3 is 1. The Morgan fingerprint density at radius 2 is 2.11 bits per heavy atom. The molecule has 0 amide bonds. The summed E-state index contributed by atoms with van der Waals surface area (Å²) in [6.07, 6.45) is 4.12. The Bertz CT molecular complexity index is 450. The number of benzene rings is 1. The molecule has 1 fully saturated rings. The molecule has 98 valence electrons. The highest BCUT2D eigenvalue weighted by Crippen LogP contribution is 2.42. The second-order valence-electron chi connectivity index (χ2n) is 4.93. The molecule has 1 N–H and O–H groups in total. The summed E-state index contributed by atoms with van der Waals surface area (Å²) in [5.74, 6) is 0.0986. The molecule has 1 aliphatic carbocycles. The molecule has 1 aromatic rings. The highest BCUT2D eigenvalue weighted by atomic mass is 79.9. The van der Waals surface area contributed by atoms with Gasteiger partial charge in [-0.2, -0.15) is 0 Å². The molecule has 18 heavy (non-hydrogen) atoms. The van der Waals surface area contributed by atoms with E-state index in [0.29, 0.717) is 6.42 Å². The van der Waals surface area contributed by atoms with Crippen molar-refractivity contribution < 1.29 is 14.6 Å². The third-order valence-corrected chi connectivity index (χ3v) is 4.57. The first-order valence-corrected chi connectivity index (χ1v) is 6.92. The van der Waals surface area contributed by atoms with Crippen molar-refractivity contribution in [1.29, 1.82) is 0 Å². The molecule has 0 saturated heterocycles. The van der Waals surface area contributed by atoms with Crippen LogP contribution in [-0.2, 0) is 11.2 Å². The van der Waals surface area contributed by atoms with Crippen LogP contribution in [0.4, 0.5) is 0 Å². The Balaban J connectivity index is 2.29. The van der Waals surface area contributed by atoms with Gasteiger partial charge in [0.05, 0.1) is 12.5 Å². The molecule has 2 rings (SSSR count). The van der Waals surface area contributed by atoms with E-state index < -0.39 is 11.4 Å². The van der Waals surface area contributed by atoms with Gasteiger partial charge in [-0.1, -0.05) is 28.8 Å². The highest BCUT2D eigenvalue weighted by molar-refractivity contribution is 9.10. The minimum Gasteiger partial charge on any atom is -0.497 e. The van der Waals surface area contributed by atoms with Gasteiger partial charge in [0.2, 0.25) is 0 Å². The lowest BCUT2D eigenvalue weighted by Gasteiger charge is -2.24. The lowest BCUT2D eigenvalue weighted by Crippen LogP contribution is -2.30. The Morgan fingerprint density at radius 1 is 1.44 bits per heavy atom. The molecule has 0 radical (unpaired) electrons. The largest absolute Gasteiger partial charge is 0.497 e. The van der Waals surface area contributed by atoms with Crippen LogP contribution in [0.1, 0.15) is 31.2 Å². The topological polar surface area (TPSA) is 46.5 Å². The number of hydrogen-bond acceptors (Lipinski definition) is 2. The maximum Gasteiger partial charge on any atom is 0.309 e. The van der Waals surface area contributed by atoms with E-state index in [0.717, 1.165) is 41.5 Å². The van der Waals surface area contributed by atoms with E-state index in [9.17, 15) is 9.90 Å². The monoisotopic (exact) mass is 312 g/mol. The van der Waals surface area contributed by atoms with Gasteiger partial charge in [0, 0.05) is 4.47 Å². The molecular weight excluding hydrogens is 296 g/mol. The zero-order chi connectivity index (χ0) is 13.2. The van der Waals surface area contributed by atoms with Gasteiger partial charge in [-0.15, -0.1) is 0 Å². The molecule has 3 nitrogen and oxygen atoms in total. The zero-order valence-corrected chi connectivity index (χ0v) is 12.0. The second-order valence-corrected chi connectivity index (χ2v) is 5.78. The van der Waals surface area contributed by atoms with Crippen molar-refractivity contribution in [3.8, 4) is 5.75 Å². The summed E-state index contributed by atoms with van der Waals surface area (Å²) in [4.78, 5) is 11.5. The summed E-state index contributed by atoms with van der Waals surface area (Å²) in [5, 5.41) is 9.50. The summed E-state index contributed by atoms with van der Waals surface area (Å²) >= 11 is 3.49. The van der Waals surface area contributed by atoms with Gasteiger partial charge in [-0.05, 0) is 43.0 Å². The average molecular weight is 313 g/mol. The van der Waals surface area contributed by atoms with Gasteiger partial charge in [-0.25, -0.2) is 0 Å². The summed E-state index contributed by atoms with van der Waals surface area (Å²) in [6.45, 7) is 0. The van der Waals surface area contributed by atoms with Crippen LogP contribution < -0.4 is 4.74 Å². The van der Waals surface area contributed by atoms with E-state index >= 15 is 0 Å². The maximum atomic E-state index is 11.5. The fraction of sp³-hybridized carbons (Fsp3) is 0.500.